The van der Waals surface area contributed by atoms with Gasteiger partial charge in [0.2, 0.25) is 0 Å². The summed E-state index contributed by atoms with van der Waals surface area (Å²) >= 11 is 1.76. The fourth-order valence-corrected chi connectivity index (χ4v) is 2.30. The van der Waals surface area contributed by atoms with Crippen LogP contribution in [0.25, 0.3) is 0 Å². The van der Waals surface area contributed by atoms with Gasteiger partial charge in [0.15, 0.2) is 0 Å². The van der Waals surface area contributed by atoms with E-state index in [1.165, 1.54) is 5.56 Å². The first-order valence-electron chi connectivity index (χ1n) is 5.36. The van der Waals surface area contributed by atoms with E-state index < -0.39 is 0 Å². The lowest BCUT2D eigenvalue weighted by atomic mass is 10.2. The molecule has 84 valence electrons. The smallest absolute Gasteiger partial charge is 0.147 e. The van der Waals surface area contributed by atoms with Crippen molar-refractivity contribution in [3.63, 3.8) is 0 Å². The second-order valence-corrected chi connectivity index (χ2v) is 4.47. The summed E-state index contributed by atoms with van der Waals surface area (Å²) in [6.07, 6.45) is 2.44. The van der Waals surface area contributed by atoms with Gasteiger partial charge in [0.05, 0.1) is 12.7 Å². The average Bonchev–Trinajstić information content (AvgIpc) is 2.79. The highest BCUT2D eigenvalue weighted by Gasteiger charge is 2.12. The molecule has 1 aromatic rings. The fraction of sp³-hybridized carbons (Fsp3) is 0.636. The predicted octanol–water partition coefficient (Wildman–Crippen LogP) is 1.64. The Hall–Kier alpha value is -0.420. The quantitative estimate of drug-likeness (QED) is 0.776. The van der Waals surface area contributed by atoms with Gasteiger partial charge in [-0.3, -0.25) is 0 Å². The molecule has 2 heterocycles. The summed E-state index contributed by atoms with van der Waals surface area (Å²) in [4.78, 5) is 0. The maximum Gasteiger partial charge on any atom is 0.147 e. The minimum absolute atomic E-state index is 0.334. The van der Waals surface area contributed by atoms with Gasteiger partial charge in [0, 0.05) is 6.54 Å². The molecule has 1 aliphatic heterocycles. The van der Waals surface area contributed by atoms with Crippen LogP contribution in [-0.2, 0) is 15.9 Å². The van der Waals surface area contributed by atoms with Crippen molar-refractivity contribution in [2.75, 3.05) is 26.5 Å². The zero-order valence-corrected chi connectivity index (χ0v) is 9.59. The van der Waals surface area contributed by atoms with Crippen molar-refractivity contribution in [3.8, 4) is 0 Å². The van der Waals surface area contributed by atoms with E-state index in [1.54, 1.807) is 11.3 Å². The van der Waals surface area contributed by atoms with Crippen LogP contribution in [0.4, 0.5) is 0 Å². The highest BCUT2D eigenvalue weighted by Crippen LogP contribution is 2.06. The Bertz CT molecular complexity index is 258. The molecule has 0 aliphatic carbocycles. The molecule has 0 bridgehead atoms. The van der Waals surface area contributed by atoms with Gasteiger partial charge >= 0.3 is 0 Å². The summed E-state index contributed by atoms with van der Waals surface area (Å²) in [6, 6.07) is 2.18. The summed E-state index contributed by atoms with van der Waals surface area (Å²) in [7, 11) is 0. The van der Waals surface area contributed by atoms with Crippen molar-refractivity contribution in [2.45, 2.75) is 18.9 Å². The molecule has 0 spiro atoms. The van der Waals surface area contributed by atoms with Gasteiger partial charge in [-0.2, -0.15) is 11.3 Å². The van der Waals surface area contributed by atoms with Crippen molar-refractivity contribution in [3.05, 3.63) is 22.4 Å². The van der Waals surface area contributed by atoms with E-state index in [9.17, 15) is 0 Å². The van der Waals surface area contributed by atoms with Gasteiger partial charge in [0.25, 0.3) is 0 Å². The van der Waals surface area contributed by atoms with Crippen LogP contribution in [0.15, 0.2) is 16.8 Å². The number of thiophene rings is 1. The lowest BCUT2D eigenvalue weighted by Gasteiger charge is -2.22. The van der Waals surface area contributed by atoms with E-state index in [4.69, 9.17) is 9.47 Å². The molecule has 2 rings (SSSR count). The summed E-state index contributed by atoms with van der Waals surface area (Å²) in [5.74, 6) is 0. The van der Waals surface area contributed by atoms with Gasteiger partial charge in [-0.1, -0.05) is 0 Å². The van der Waals surface area contributed by atoms with Crippen LogP contribution < -0.4 is 5.32 Å². The Kier molecular flexibility index (Phi) is 4.60. The lowest BCUT2D eigenvalue weighted by molar-refractivity contribution is -0.137. The van der Waals surface area contributed by atoms with Crippen LogP contribution in [-0.4, -0.2) is 32.6 Å². The standard InChI is InChI=1S/C11H17NO2S/c1(10-3-6-15-8-10)4-12-7-11-2-5-13-9-14-11/h3,6,8,11-12H,1-2,4-5,7,9H2. The van der Waals surface area contributed by atoms with Gasteiger partial charge in [-0.15, -0.1) is 0 Å². The van der Waals surface area contributed by atoms with Crippen LogP contribution in [0.3, 0.4) is 0 Å². The molecule has 0 amide bonds. The Morgan fingerprint density at radius 2 is 2.53 bits per heavy atom. The molecule has 15 heavy (non-hydrogen) atoms. The topological polar surface area (TPSA) is 30.5 Å². The first-order valence-corrected chi connectivity index (χ1v) is 6.30. The molecule has 0 radical (unpaired) electrons. The van der Waals surface area contributed by atoms with Gasteiger partial charge < -0.3 is 14.8 Å². The van der Waals surface area contributed by atoms with E-state index in [-0.39, 0.29) is 0 Å². The summed E-state index contributed by atoms with van der Waals surface area (Å²) < 4.78 is 10.5. The minimum atomic E-state index is 0.334. The molecule has 3 nitrogen and oxygen atoms in total. The third-order valence-corrected chi connectivity index (χ3v) is 3.25. The third kappa shape index (κ3) is 3.91. The van der Waals surface area contributed by atoms with Gasteiger partial charge in [-0.05, 0) is 41.8 Å². The van der Waals surface area contributed by atoms with Crippen molar-refractivity contribution in [1.29, 1.82) is 0 Å². The fourth-order valence-electron chi connectivity index (χ4n) is 1.59. The van der Waals surface area contributed by atoms with Crippen LogP contribution in [0.5, 0.6) is 0 Å². The first kappa shape index (κ1) is 11.1. The lowest BCUT2D eigenvalue weighted by Crippen LogP contribution is -2.34. The van der Waals surface area contributed by atoms with E-state index in [1.807, 2.05) is 0 Å². The number of hydrogen-bond donors (Lipinski definition) is 1. The average molecular weight is 227 g/mol. The van der Waals surface area contributed by atoms with Crippen LogP contribution >= 0.6 is 11.3 Å². The van der Waals surface area contributed by atoms with E-state index in [2.05, 4.69) is 22.1 Å². The first-order chi connectivity index (χ1) is 7.45. The highest BCUT2D eigenvalue weighted by atomic mass is 32.1. The molecule has 0 saturated carbocycles. The van der Waals surface area contributed by atoms with Crippen molar-refractivity contribution in [1.82, 2.24) is 5.32 Å². The zero-order valence-electron chi connectivity index (χ0n) is 8.78. The molecule has 1 aliphatic rings. The maximum absolute atomic E-state index is 5.43. The second kappa shape index (κ2) is 6.23. The number of hydrogen-bond acceptors (Lipinski definition) is 4. The molecule has 4 heteroatoms. The van der Waals surface area contributed by atoms with Crippen molar-refractivity contribution >= 4 is 11.3 Å². The normalized spacial score (nSPS) is 21.7. The monoisotopic (exact) mass is 227 g/mol. The zero-order chi connectivity index (χ0) is 10.3. The summed E-state index contributed by atoms with van der Waals surface area (Å²) in [5.41, 5.74) is 1.42. The third-order valence-electron chi connectivity index (χ3n) is 2.51. The molecule has 1 saturated heterocycles. The Balaban J connectivity index is 1.54. The van der Waals surface area contributed by atoms with E-state index >= 15 is 0 Å². The van der Waals surface area contributed by atoms with Crippen LogP contribution in [0, 0.1) is 0 Å². The van der Waals surface area contributed by atoms with E-state index in [0.29, 0.717) is 12.9 Å². The second-order valence-electron chi connectivity index (χ2n) is 3.69. The van der Waals surface area contributed by atoms with E-state index in [0.717, 1.165) is 32.5 Å². The minimum Gasteiger partial charge on any atom is -0.355 e. The molecular formula is C11H17NO2S. The van der Waals surface area contributed by atoms with Crippen molar-refractivity contribution < 1.29 is 9.47 Å². The van der Waals surface area contributed by atoms with Crippen molar-refractivity contribution in [2.24, 2.45) is 0 Å². The predicted molar refractivity (Wildman–Crippen MR) is 61.2 cm³/mol. The Labute approximate surface area is 94.4 Å². The SMILES string of the molecule is c1cc(CCNCC2CCOCO2)cs1. The van der Waals surface area contributed by atoms with Crippen LogP contribution in [0.2, 0.25) is 0 Å². The summed E-state index contributed by atoms with van der Waals surface area (Å²) in [6.45, 7) is 3.25. The molecular weight excluding hydrogens is 210 g/mol. The highest BCUT2D eigenvalue weighted by molar-refractivity contribution is 7.07. The molecule has 1 N–H and O–H groups in total. The Morgan fingerprint density at radius 1 is 1.53 bits per heavy atom. The number of nitrogens with one attached hydrogen (secondary N) is 1. The molecule has 1 fully saturated rings. The molecule has 0 aromatic carbocycles. The largest absolute Gasteiger partial charge is 0.355 e. The van der Waals surface area contributed by atoms with Gasteiger partial charge in [-0.25, -0.2) is 0 Å². The maximum atomic E-state index is 5.43. The molecule has 1 aromatic heterocycles. The summed E-state index contributed by atoms with van der Waals surface area (Å²) in [5, 5.41) is 7.74. The van der Waals surface area contributed by atoms with Gasteiger partial charge in [0.1, 0.15) is 6.79 Å². The van der Waals surface area contributed by atoms with Crippen LogP contribution in [0.1, 0.15) is 12.0 Å². The molecule has 1 atom stereocenters. The number of ether oxygens (including phenoxy) is 2. The number of rotatable bonds is 5. The molecule has 1 unspecified atom stereocenters. The Morgan fingerprint density at radius 3 is 3.27 bits per heavy atom.